The first-order valence-corrected chi connectivity index (χ1v) is 7.49. The van der Waals surface area contributed by atoms with E-state index >= 15 is 0 Å². The van der Waals surface area contributed by atoms with Gasteiger partial charge in [-0.15, -0.1) is 0 Å². The highest BCUT2D eigenvalue weighted by Crippen LogP contribution is 2.27. The normalized spacial score (nSPS) is 12.9. The van der Waals surface area contributed by atoms with Gasteiger partial charge in [-0.25, -0.2) is 9.67 Å². The molecule has 0 bridgehead atoms. The molecule has 0 aliphatic carbocycles. The second kappa shape index (κ2) is 6.67. The minimum absolute atomic E-state index is 0.0673. The van der Waals surface area contributed by atoms with Gasteiger partial charge in [0.1, 0.15) is 12.2 Å². The van der Waals surface area contributed by atoms with Crippen LogP contribution in [0.5, 0.6) is 0 Å². The SMILES string of the molecule is CC(C)n1ncnc1CC(NN)c1ccc(Br)c(Cl)c1. The minimum atomic E-state index is -0.0673. The summed E-state index contributed by atoms with van der Waals surface area (Å²) in [6, 6.07) is 5.99. The molecule has 0 aliphatic heterocycles. The molecular weight excluding hydrogens is 342 g/mol. The Morgan fingerprint density at radius 3 is 2.80 bits per heavy atom. The smallest absolute Gasteiger partial charge is 0.138 e. The van der Waals surface area contributed by atoms with Crippen LogP contribution in [0.4, 0.5) is 0 Å². The number of nitrogens with two attached hydrogens (primary N) is 1. The van der Waals surface area contributed by atoms with Crippen LogP contribution in [0.3, 0.4) is 0 Å². The van der Waals surface area contributed by atoms with Crippen LogP contribution in [0, 0.1) is 0 Å². The number of hydrazine groups is 1. The summed E-state index contributed by atoms with van der Waals surface area (Å²) < 4.78 is 2.76. The molecule has 2 rings (SSSR count). The Kier molecular flexibility index (Phi) is 5.15. The van der Waals surface area contributed by atoms with E-state index in [1.807, 2.05) is 22.9 Å². The Morgan fingerprint density at radius 2 is 2.20 bits per heavy atom. The molecule has 3 N–H and O–H groups in total. The van der Waals surface area contributed by atoms with E-state index in [2.05, 4.69) is 45.3 Å². The Labute approximate surface area is 131 Å². The van der Waals surface area contributed by atoms with Crippen LogP contribution in [0.1, 0.15) is 37.3 Å². The fourth-order valence-electron chi connectivity index (χ4n) is 2.04. The molecule has 0 fully saturated rings. The van der Waals surface area contributed by atoms with Crippen molar-refractivity contribution >= 4 is 27.5 Å². The minimum Gasteiger partial charge on any atom is -0.271 e. The highest BCUT2D eigenvalue weighted by Gasteiger charge is 2.16. The van der Waals surface area contributed by atoms with Crippen molar-refractivity contribution in [3.8, 4) is 0 Å². The van der Waals surface area contributed by atoms with Crippen molar-refractivity contribution in [2.24, 2.45) is 5.84 Å². The monoisotopic (exact) mass is 357 g/mol. The Morgan fingerprint density at radius 1 is 1.45 bits per heavy atom. The van der Waals surface area contributed by atoms with Gasteiger partial charge >= 0.3 is 0 Å². The first-order chi connectivity index (χ1) is 9.52. The van der Waals surface area contributed by atoms with E-state index in [0.29, 0.717) is 11.4 Å². The molecule has 0 radical (unpaired) electrons. The van der Waals surface area contributed by atoms with Crippen LogP contribution < -0.4 is 11.3 Å². The average Bonchev–Trinajstić information content (AvgIpc) is 2.87. The third-order valence-corrected chi connectivity index (χ3v) is 4.30. The Hall–Kier alpha value is -0.950. The van der Waals surface area contributed by atoms with Crippen LogP contribution in [0.25, 0.3) is 0 Å². The van der Waals surface area contributed by atoms with Crippen LogP contribution in [-0.4, -0.2) is 14.8 Å². The summed E-state index contributed by atoms with van der Waals surface area (Å²) in [5.74, 6) is 6.56. The third-order valence-electron chi connectivity index (χ3n) is 3.07. The lowest BCUT2D eigenvalue weighted by molar-refractivity contribution is 0.468. The van der Waals surface area contributed by atoms with Gasteiger partial charge in [0, 0.05) is 16.9 Å². The molecule has 5 nitrogen and oxygen atoms in total. The highest BCUT2D eigenvalue weighted by molar-refractivity contribution is 9.10. The topological polar surface area (TPSA) is 68.8 Å². The van der Waals surface area contributed by atoms with Gasteiger partial charge in [-0.1, -0.05) is 17.7 Å². The summed E-state index contributed by atoms with van der Waals surface area (Å²) >= 11 is 9.51. The number of benzene rings is 1. The van der Waals surface area contributed by atoms with Crippen LogP contribution in [0.2, 0.25) is 5.02 Å². The second-order valence-electron chi connectivity index (χ2n) is 4.81. The molecule has 1 unspecified atom stereocenters. The molecule has 108 valence electrons. The average molecular weight is 359 g/mol. The van der Waals surface area contributed by atoms with Gasteiger partial charge in [0.05, 0.1) is 11.1 Å². The molecular formula is C13H17BrClN5. The zero-order valence-electron chi connectivity index (χ0n) is 11.3. The van der Waals surface area contributed by atoms with E-state index in [1.54, 1.807) is 6.33 Å². The molecule has 0 saturated heterocycles. The first-order valence-electron chi connectivity index (χ1n) is 6.32. The number of hydrogen-bond donors (Lipinski definition) is 2. The molecule has 0 aliphatic rings. The largest absolute Gasteiger partial charge is 0.271 e. The fraction of sp³-hybridized carbons (Fsp3) is 0.385. The van der Waals surface area contributed by atoms with E-state index in [9.17, 15) is 0 Å². The predicted molar refractivity (Wildman–Crippen MR) is 83.3 cm³/mol. The van der Waals surface area contributed by atoms with E-state index in [4.69, 9.17) is 17.4 Å². The van der Waals surface area contributed by atoms with Crippen molar-refractivity contribution in [1.82, 2.24) is 20.2 Å². The van der Waals surface area contributed by atoms with Crippen molar-refractivity contribution < 1.29 is 0 Å². The number of hydrogen-bond acceptors (Lipinski definition) is 4. The molecule has 1 atom stereocenters. The zero-order valence-corrected chi connectivity index (χ0v) is 13.7. The molecule has 1 aromatic heterocycles. The lowest BCUT2D eigenvalue weighted by atomic mass is 10.0. The van der Waals surface area contributed by atoms with Crippen molar-refractivity contribution in [3.63, 3.8) is 0 Å². The molecule has 1 aromatic carbocycles. The van der Waals surface area contributed by atoms with E-state index < -0.39 is 0 Å². The number of halogens is 2. The zero-order chi connectivity index (χ0) is 14.7. The maximum absolute atomic E-state index is 6.13. The van der Waals surface area contributed by atoms with Crippen molar-refractivity contribution in [1.29, 1.82) is 0 Å². The third kappa shape index (κ3) is 3.38. The number of nitrogens with one attached hydrogen (secondary N) is 1. The Balaban J connectivity index is 2.24. The first kappa shape index (κ1) is 15.4. The second-order valence-corrected chi connectivity index (χ2v) is 6.07. The summed E-state index contributed by atoms with van der Waals surface area (Å²) in [6.45, 7) is 4.14. The van der Waals surface area contributed by atoms with Crippen molar-refractivity contribution in [2.45, 2.75) is 32.4 Å². The highest BCUT2D eigenvalue weighted by atomic mass is 79.9. The van der Waals surface area contributed by atoms with E-state index in [1.165, 1.54) is 0 Å². The summed E-state index contributed by atoms with van der Waals surface area (Å²) in [5, 5.41) is 4.89. The predicted octanol–water partition coefficient (Wildman–Crippen LogP) is 3.02. The summed E-state index contributed by atoms with van der Waals surface area (Å²) in [7, 11) is 0. The van der Waals surface area contributed by atoms with Gasteiger partial charge in [0.2, 0.25) is 0 Å². The molecule has 0 spiro atoms. The fourth-order valence-corrected chi connectivity index (χ4v) is 2.47. The molecule has 1 heterocycles. The molecule has 7 heteroatoms. The van der Waals surface area contributed by atoms with Crippen LogP contribution >= 0.6 is 27.5 Å². The van der Waals surface area contributed by atoms with Crippen molar-refractivity contribution in [2.75, 3.05) is 0 Å². The van der Waals surface area contributed by atoms with Gasteiger partial charge in [0.25, 0.3) is 0 Å². The van der Waals surface area contributed by atoms with Gasteiger partial charge in [-0.3, -0.25) is 11.3 Å². The van der Waals surface area contributed by atoms with Crippen LogP contribution in [0.15, 0.2) is 29.0 Å². The summed E-state index contributed by atoms with van der Waals surface area (Å²) in [4.78, 5) is 4.30. The van der Waals surface area contributed by atoms with Gasteiger partial charge in [-0.05, 0) is 47.5 Å². The molecule has 0 saturated carbocycles. The molecule has 2 aromatic rings. The van der Waals surface area contributed by atoms with Gasteiger partial charge in [-0.2, -0.15) is 5.10 Å². The van der Waals surface area contributed by atoms with Crippen molar-refractivity contribution in [3.05, 3.63) is 45.4 Å². The van der Waals surface area contributed by atoms with E-state index in [-0.39, 0.29) is 12.1 Å². The Bertz CT molecular complexity index is 584. The summed E-state index contributed by atoms with van der Waals surface area (Å²) in [5.41, 5.74) is 3.83. The van der Waals surface area contributed by atoms with Gasteiger partial charge in [0.15, 0.2) is 0 Å². The lowest BCUT2D eigenvalue weighted by Gasteiger charge is -2.18. The van der Waals surface area contributed by atoms with Gasteiger partial charge < -0.3 is 0 Å². The number of nitrogens with zero attached hydrogens (tertiary/aromatic N) is 3. The quantitative estimate of drug-likeness (QED) is 0.637. The number of aromatic nitrogens is 3. The molecule has 0 amide bonds. The van der Waals surface area contributed by atoms with Crippen LogP contribution in [-0.2, 0) is 6.42 Å². The molecule has 20 heavy (non-hydrogen) atoms. The standard InChI is InChI=1S/C13H17BrClN5/c1-8(2)20-13(17-7-18-20)6-12(19-16)9-3-4-10(14)11(15)5-9/h3-5,7-8,12,19H,6,16H2,1-2H3. The summed E-state index contributed by atoms with van der Waals surface area (Å²) in [6.07, 6.45) is 2.21. The maximum Gasteiger partial charge on any atom is 0.138 e. The van der Waals surface area contributed by atoms with E-state index in [0.717, 1.165) is 15.9 Å². The lowest BCUT2D eigenvalue weighted by Crippen LogP contribution is -2.30. The number of rotatable bonds is 5. The maximum atomic E-state index is 6.13.